The molecule has 21 heavy (non-hydrogen) atoms. The zero-order chi connectivity index (χ0) is 15.1. The summed E-state index contributed by atoms with van der Waals surface area (Å²) in [5, 5.41) is 20.9. The zero-order valence-corrected chi connectivity index (χ0v) is 11.0. The number of nitrogens with zero attached hydrogens (tertiary/aromatic N) is 1. The molecule has 0 radical (unpaired) electrons. The second-order valence-electron chi connectivity index (χ2n) is 4.24. The number of aliphatic hydroxyl groups excluding tert-OH is 1. The first kappa shape index (κ1) is 14.8. The first-order valence-electron chi connectivity index (χ1n) is 6.23. The summed E-state index contributed by atoms with van der Waals surface area (Å²) in [4.78, 5) is 11.5. The quantitative estimate of drug-likeness (QED) is 0.641. The largest absolute Gasteiger partial charge is 0.491 e. The summed E-state index contributed by atoms with van der Waals surface area (Å²) in [6.45, 7) is -0.0611. The number of amides is 2. The molecule has 0 spiro atoms. The number of halogens is 1. The molecule has 0 unspecified atom stereocenters. The minimum absolute atomic E-state index is 0.000992. The van der Waals surface area contributed by atoms with Gasteiger partial charge in [0.05, 0.1) is 11.9 Å². The number of hydrogen-bond donors (Lipinski definition) is 4. The minimum atomic E-state index is -0.914. The van der Waals surface area contributed by atoms with Gasteiger partial charge in [-0.15, -0.1) is 0 Å². The minimum Gasteiger partial charge on any atom is -0.491 e. The van der Waals surface area contributed by atoms with Crippen molar-refractivity contribution in [2.45, 2.75) is 6.10 Å². The van der Waals surface area contributed by atoms with E-state index in [0.29, 0.717) is 11.4 Å². The fourth-order valence-electron chi connectivity index (χ4n) is 1.51. The summed E-state index contributed by atoms with van der Waals surface area (Å²) in [6.07, 6.45) is 2.05. The summed E-state index contributed by atoms with van der Waals surface area (Å²) in [5.74, 6) is -0.100. The number of nitrogens with one attached hydrogen (secondary N) is 3. The van der Waals surface area contributed by atoms with Crippen LogP contribution in [0.2, 0.25) is 0 Å². The number of carbonyl (C=O) groups excluding carboxylic acids is 1. The van der Waals surface area contributed by atoms with Crippen LogP contribution in [0.25, 0.3) is 0 Å². The first-order chi connectivity index (χ1) is 10.1. The number of carbonyl (C=O) groups is 1. The van der Waals surface area contributed by atoms with Crippen LogP contribution in [0.3, 0.4) is 0 Å². The summed E-state index contributed by atoms with van der Waals surface area (Å²) in [5.41, 5.74) is 0.512. The van der Waals surface area contributed by atoms with Gasteiger partial charge in [-0.25, -0.2) is 9.18 Å². The lowest BCUT2D eigenvalue weighted by Gasteiger charge is -2.13. The summed E-state index contributed by atoms with van der Waals surface area (Å²) in [7, 11) is 0. The molecule has 4 N–H and O–H groups in total. The van der Waals surface area contributed by atoms with Crippen molar-refractivity contribution in [3.63, 3.8) is 0 Å². The Kier molecular flexibility index (Phi) is 5.10. The highest BCUT2D eigenvalue weighted by atomic mass is 19.1. The number of hydrogen-bond acceptors (Lipinski definition) is 4. The normalized spacial score (nSPS) is 11.7. The van der Waals surface area contributed by atoms with E-state index in [1.54, 1.807) is 6.07 Å². The highest BCUT2D eigenvalue weighted by Crippen LogP contribution is 2.11. The van der Waals surface area contributed by atoms with Crippen molar-refractivity contribution in [1.82, 2.24) is 15.5 Å². The monoisotopic (exact) mass is 294 g/mol. The number of rotatable bonds is 6. The van der Waals surface area contributed by atoms with Crippen LogP contribution in [0.5, 0.6) is 5.75 Å². The van der Waals surface area contributed by atoms with Crippen LogP contribution >= 0.6 is 0 Å². The fraction of sp³-hybridized carbons (Fsp3) is 0.231. The predicted octanol–water partition coefficient (Wildman–Crippen LogP) is 1.11. The van der Waals surface area contributed by atoms with E-state index in [0.717, 1.165) is 0 Å². The standard InChI is InChI=1S/C13H15FN4O3/c14-9-2-1-3-12(4-9)21-8-11(19)7-15-13(20)18-10-5-16-17-6-10/h1-6,11,19H,7-8H2,(H,16,17)(H2,15,18,20)/t11-/m0/s1. The molecule has 2 aromatic rings. The Bertz CT molecular complexity index is 577. The van der Waals surface area contributed by atoms with E-state index < -0.39 is 18.0 Å². The van der Waals surface area contributed by atoms with Gasteiger partial charge < -0.3 is 20.5 Å². The van der Waals surface area contributed by atoms with Gasteiger partial charge in [0, 0.05) is 18.8 Å². The van der Waals surface area contributed by atoms with Gasteiger partial charge in [-0.1, -0.05) is 6.07 Å². The van der Waals surface area contributed by atoms with Gasteiger partial charge in [0.25, 0.3) is 0 Å². The average Bonchev–Trinajstić information content (AvgIpc) is 2.96. The van der Waals surface area contributed by atoms with Crippen molar-refractivity contribution in [2.75, 3.05) is 18.5 Å². The van der Waals surface area contributed by atoms with Crippen molar-refractivity contribution >= 4 is 11.7 Å². The molecule has 7 nitrogen and oxygen atoms in total. The van der Waals surface area contributed by atoms with Gasteiger partial charge in [0.2, 0.25) is 0 Å². The van der Waals surface area contributed by atoms with Gasteiger partial charge in [-0.3, -0.25) is 5.10 Å². The fourth-order valence-corrected chi connectivity index (χ4v) is 1.51. The summed E-state index contributed by atoms with van der Waals surface area (Å²) < 4.78 is 18.1. The Labute approximate surface area is 120 Å². The number of aromatic amines is 1. The zero-order valence-electron chi connectivity index (χ0n) is 11.0. The molecule has 0 bridgehead atoms. The second-order valence-corrected chi connectivity index (χ2v) is 4.24. The third-order valence-electron chi connectivity index (χ3n) is 2.49. The smallest absolute Gasteiger partial charge is 0.319 e. The van der Waals surface area contributed by atoms with Gasteiger partial charge in [-0.05, 0) is 12.1 Å². The highest BCUT2D eigenvalue weighted by molar-refractivity contribution is 5.88. The maximum Gasteiger partial charge on any atom is 0.319 e. The Morgan fingerprint density at radius 2 is 2.38 bits per heavy atom. The third kappa shape index (κ3) is 5.11. The van der Waals surface area contributed by atoms with Gasteiger partial charge in [0.15, 0.2) is 0 Å². The van der Waals surface area contributed by atoms with Gasteiger partial charge in [-0.2, -0.15) is 5.10 Å². The maximum absolute atomic E-state index is 12.9. The van der Waals surface area contributed by atoms with Crippen LogP contribution in [0, 0.1) is 5.82 Å². The molecule has 2 rings (SSSR count). The number of ether oxygens (including phenoxy) is 1. The molecule has 1 aromatic carbocycles. The SMILES string of the molecule is O=C(NC[C@H](O)COc1cccc(F)c1)Nc1cn[nH]c1. The van der Waals surface area contributed by atoms with Crippen molar-refractivity contribution in [3.05, 3.63) is 42.5 Å². The molecule has 0 aliphatic carbocycles. The number of H-pyrrole nitrogens is 1. The number of urea groups is 1. The molecule has 2 amide bonds. The van der Waals surface area contributed by atoms with Crippen molar-refractivity contribution < 1.29 is 19.0 Å². The maximum atomic E-state index is 12.9. The number of anilines is 1. The molecule has 0 saturated carbocycles. The van der Waals surface area contributed by atoms with E-state index in [9.17, 15) is 14.3 Å². The Morgan fingerprint density at radius 1 is 1.52 bits per heavy atom. The molecule has 1 atom stereocenters. The lowest BCUT2D eigenvalue weighted by Crippen LogP contribution is -2.37. The van der Waals surface area contributed by atoms with E-state index in [-0.39, 0.29) is 13.2 Å². The van der Waals surface area contributed by atoms with Crippen molar-refractivity contribution in [2.24, 2.45) is 0 Å². The molecule has 0 aliphatic rings. The molecule has 0 fully saturated rings. The van der Waals surface area contributed by atoms with Crippen LogP contribution in [0.4, 0.5) is 14.9 Å². The van der Waals surface area contributed by atoms with E-state index >= 15 is 0 Å². The lowest BCUT2D eigenvalue weighted by molar-refractivity contribution is 0.108. The highest BCUT2D eigenvalue weighted by Gasteiger charge is 2.08. The predicted molar refractivity (Wildman–Crippen MR) is 73.5 cm³/mol. The topological polar surface area (TPSA) is 99.3 Å². The molecule has 0 saturated heterocycles. The first-order valence-corrected chi connectivity index (χ1v) is 6.23. The molecule has 0 aliphatic heterocycles. The van der Waals surface area contributed by atoms with Crippen LogP contribution in [0.15, 0.2) is 36.7 Å². The Morgan fingerprint density at radius 3 is 3.10 bits per heavy atom. The van der Waals surface area contributed by atoms with Crippen molar-refractivity contribution in [3.8, 4) is 5.75 Å². The van der Waals surface area contributed by atoms with E-state index in [1.807, 2.05) is 0 Å². The molecule has 1 aromatic heterocycles. The van der Waals surface area contributed by atoms with Crippen LogP contribution in [-0.4, -0.2) is 40.6 Å². The summed E-state index contributed by atoms with van der Waals surface area (Å²) >= 11 is 0. The summed E-state index contributed by atoms with van der Waals surface area (Å²) in [6, 6.07) is 5.13. The van der Waals surface area contributed by atoms with Crippen LogP contribution < -0.4 is 15.4 Å². The van der Waals surface area contributed by atoms with Gasteiger partial charge in [0.1, 0.15) is 24.3 Å². The van der Waals surface area contributed by atoms with Crippen LogP contribution in [0.1, 0.15) is 0 Å². The van der Waals surface area contributed by atoms with Gasteiger partial charge >= 0.3 is 6.03 Å². The Balaban J connectivity index is 1.67. The van der Waals surface area contributed by atoms with E-state index in [4.69, 9.17) is 4.74 Å². The van der Waals surface area contributed by atoms with E-state index in [1.165, 1.54) is 30.6 Å². The second kappa shape index (κ2) is 7.25. The van der Waals surface area contributed by atoms with Crippen LogP contribution in [-0.2, 0) is 0 Å². The van der Waals surface area contributed by atoms with Crippen molar-refractivity contribution in [1.29, 1.82) is 0 Å². The molecule has 8 heteroatoms. The molecule has 112 valence electrons. The average molecular weight is 294 g/mol. The third-order valence-corrected chi connectivity index (χ3v) is 2.49. The Hall–Kier alpha value is -2.61. The molecule has 1 heterocycles. The van der Waals surface area contributed by atoms with E-state index in [2.05, 4.69) is 20.8 Å². The molecular weight excluding hydrogens is 279 g/mol. The molecular formula is C13H15FN4O3. The lowest BCUT2D eigenvalue weighted by atomic mass is 10.3. The number of aliphatic hydroxyl groups is 1. The number of benzene rings is 1. The number of aromatic nitrogens is 2.